The second kappa shape index (κ2) is 9.00. The first kappa shape index (κ1) is 13.9. The van der Waals surface area contributed by atoms with Gasteiger partial charge < -0.3 is 9.72 Å². The van der Waals surface area contributed by atoms with Gasteiger partial charge in [0.15, 0.2) is 0 Å². The average Bonchev–Trinajstić information content (AvgIpc) is 2.80. The van der Waals surface area contributed by atoms with E-state index in [1.807, 2.05) is 0 Å². The summed E-state index contributed by atoms with van der Waals surface area (Å²) >= 11 is 0. The molecule has 0 radical (unpaired) electrons. The number of anilines is 1. The number of sulfonamides is 1. The Bertz CT molecular complexity index is 1570. The van der Waals surface area contributed by atoms with E-state index < -0.39 is 47.1 Å². The molecule has 0 amide bonds. The van der Waals surface area contributed by atoms with Crippen LogP contribution in [0, 0.1) is 0 Å². The summed E-state index contributed by atoms with van der Waals surface area (Å²) in [5.74, 6) is -0.267. The highest BCUT2D eigenvalue weighted by atomic mass is 32.2. The van der Waals surface area contributed by atoms with Crippen LogP contribution < -0.4 is 15.0 Å². The first-order chi connectivity index (χ1) is 18.7. The quantitative estimate of drug-likeness (QED) is 0.569. The molecule has 0 aliphatic heterocycles. The van der Waals surface area contributed by atoms with E-state index in [1.165, 1.54) is 54.9 Å². The average molecular weight is 463 g/mol. The molecule has 0 fully saturated rings. The van der Waals surface area contributed by atoms with Gasteiger partial charge in [0.25, 0.3) is 5.56 Å². The van der Waals surface area contributed by atoms with Gasteiger partial charge in [0.05, 0.1) is 13.4 Å². The fourth-order valence-corrected chi connectivity index (χ4v) is 3.53. The van der Waals surface area contributed by atoms with E-state index in [-0.39, 0.29) is 28.3 Å². The zero-order chi connectivity index (χ0) is 31.0. The fourth-order valence-electron chi connectivity index (χ4n) is 3.03. The van der Waals surface area contributed by atoms with Crippen LogP contribution in [0.1, 0.15) is 49.6 Å². The van der Waals surface area contributed by atoms with Crippen molar-refractivity contribution in [1.82, 2.24) is 9.97 Å². The van der Waals surface area contributed by atoms with Gasteiger partial charge in [0.1, 0.15) is 11.6 Å². The Kier molecular flexibility index (Phi) is 3.91. The molecule has 0 unspecified atom stereocenters. The Balaban J connectivity index is 2.39. The van der Waals surface area contributed by atoms with Gasteiger partial charge in [-0.1, -0.05) is 32.7 Å². The third-order valence-corrected chi connectivity index (χ3v) is 4.97. The van der Waals surface area contributed by atoms with Crippen molar-refractivity contribution in [2.75, 3.05) is 18.1 Å². The maximum Gasteiger partial charge on any atom is 0.255 e. The minimum atomic E-state index is -3.58. The molecule has 3 rings (SSSR count). The number of nitrogens with zero attached hydrogens (tertiary/aromatic N) is 1. The summed E-state index contributed by atoms with van der Waals surface area (Å²) < 4.78 is 104. The molecule has 7 nitrogen and oxygen atoms in total. The molecule has 32 heavy (non-hydrogen) atoms. The number of nitrogens with one attached hydrogen (secondary N) is 2. The number of hydrogen-bond acceptors (Lipinski definition) is 5. The molecule has 0 saturated carbocycles. The lowest BCUT2D eigenvalue weighted by molar-refractivity contribution is 0.397. The van der Waals surface area contributed by atoms with Gasteiger partial charge in [-0.15, -0.1) is 0 Å². The number of pyridine rings is 2. The van der Waals surface area contributed by atoms with Crippen LogP contribution in [0.4, 0.5) is 5.82 Å². The van der Waals surface area contributed by atoms with Crippen LogP contribution in [-0.4, -0.2) is 31.8 Å². The van der Waals surface area contributed by atoms with Crippen molar-refractivity contribution in [3.63, 3.8) is 0 Å². The summed E-state index contributed by atoms with van der Waals surface area (Å²) in [4.78, 5) is 19.1. The predicted molar refractivity (Wildman–Crippen MR) is 129 cm³/mol. The second-order valence-corrected chi connectivity index (χ2v) is 8.74. The monoisotopic (exact) mass is 462 g/mol. The minimum absolute atomic E-state index is 0.0273. The zero-order valence-corrected chi connectivity index (χ0v) is 18.1. The summed E-state index contributed by atoms with van der Waals surface area (Å²) in [7, 11) is -2.42. The van der Waals surface area contributed by atoms with E-state index >= 15 is 0 Å². The molecule has 3 aromatic rings. The van der Waals surface area contributed by atoms with Crippen molar-refractivity contribution in [1.29, 1.82) is 0 Å². The van der Waals surface area contributed by atoms with E-state index in [0.717, 1.165) is 19.4 Å². The van der Waals surface area contributed by atoms with Gasteiger partial charge in [-0.2, -0.15) is 0 Å². The van der Waals surface area contributed by atoms with Gasteiger partial charge in [0, 0.05) is 41.4 Å². The van der Waals surface area contributed by atoms with E-state index in [0.29, 0.717) is 5.56 Å². The van der Waals surface area contributed by atoms with Crippen LogP contribution in [-0.2, 0) is 15.4 Å². The van der Waals surface area contributed by atoms with E-state index in [9.17, 15) is 13.2 Å². The molecule has 0 saturated heterocycles. The number of benzene rings is 1. The third kappa shape index (κ3) is 5.64. The lowest BCUT2D eigenvalue weighted by atomic mass is 9.83. The number of methoxy groups -OCH3 is 1. The first-order valence-electron chi connectivity index (χ1n) is 13.8. The van der Waals surface area contributed by atoms with Crippen molar-refractivity contribution in [3.05, 3.63) is 75.8 Å². The first-order valence-corrected chi connectivity index (χ1v) is 11.1. The van der Waals surface area contributed by atoms with Gasteiger partial charge in [0.2, 0.25) is 10.0 Å². The smallest absolute Gasteiger partial charge is 0.255 e. The number of aromatic nitrogens is 2. The molecule has 0 aliphatic rings. The van der Waals surface area contributed by atoms with Gasteiger partial charge in [-0.25, -0.2) is 13.4 Å². The number of rotatable bonds is 6. The molecule has 1 aromatic carbocycles. The Morgan fingerprint density at radius 2 is 1.97 bits per heavy atom. The van der Waals surface area contributed by atoms with E-state index in [4.69, 9.17) is 17.1 Å². The molecule has 168 valence electrons. The van der Waals surface area contributed by atoms with Crippen LogP contribution in [0.5, 0.6) is 5.75 Å². The molecular formula is C24H27N3O4S. The van der Waals surface area contributed by atoms with Crippen LogP contribution in [0.3, 0.4) is 0 Å². The van der Waals surface area contributed by atoms with Crippen molar-refractivity contribution < 1.29 is 25.5 Å². The molecule has 2 heterocycles. The Morgan fingerprint density at radius 1 is 1.19 bits per heavy atom. The molecule has 0 bridgehead atoms. The molecule has 0 atom stereocenters. The molecule has 2 aromatic heterocycles. The topological polar surface area (TPSA) is 101 Å². The minimum Gasteiger partial charge on any atom is -0.496 e. The van der Waals surface area contributed by atoms with Crippen LogP contribution >= 0.6 is 0 Å². The largest absolute Gasteiger partial charge is 0.496 e. The highest BCUT2D eigenvalue weighted by Gasteiger charge is 2.22. The Labute approximate surface area is 200 Å². The standard InChI is InChI=1S/C24H27N3O4S/c1-24(2,3)20-14-18(19-7-6-12-25-23(19)28)13-17(22(20)31-4)10-8-16-9-11-21(26-15-16)27-32(5,29)30/h6-15H,1-5H3,(H,25,28)(H,26,27)/i1D3,2D3,3D3. The maximum atomic E-state index is 12.7. The molecular weight excluding hydrogens is 426 g/mol. The van der Waals surface area contributed by atoms with Crippen LogP contribution in [0.25, 0.3) is 23.3 Å². The van der Waals surface area contributed by atoms with E-state index in [2.05, 4.69) is 14.7 Å². The van der Waals surface area contributed by atoms with Crippen molar-refractivity contribution in [2.24, 2.45) is 0 Å². The Hall–Kier alpha value is -3.39. The van der Waals surface area contributed by atoms with Crippen LogP contribution in [0.15, 0.2) is 53.6 Å². The van der Waals surface area contributed by atoms with Gasteiger partial charge in [-0.05, 0) is 52.9 Å². The molecule has 0 spiro atoms. The molecule has 2 N–H and O–H groups in total. The molecule has 0 aliphatic carbocycles. The summed E-state index contributed by atoms with van der Waals surface area (Å²) in [6.07, 6.45) is 6.56. The van der Waals surface area contributed by atoms with Gasteiger partial charge in [-0.3, -0.25) is 9.52 Å². The van der Waals surface area contributed by atoms with Gasteiger partial charge >= 0.3 is 0 Å². The van der Waals surface area contributed by atoms with Crippen molar-refractivity contribution in [2.45, 2.75) is 26.0 Å². The maximum absolute atomic E-state index is 12.7. The number of ether oxygens (including phenoxy) is 1. The highest BCUT2D eigenvalue weighted by molar-refractivity contribution is 7.92. The zero-order valence-electron chi connectivity index (χ0n) is 26.3. The van der Waals surface area contributed by atoms with E-state index in [1.54, 1.807) is 0 Å². The Morgan fingerprint density at radius 3 is 2.56 bits per heavy atom. The van der Waals surface area contributed by atoms with Crippen molar-refractivity contribution >= 4 is 28.0 Å². The summed E-state index contributed by atoms with van der Waals surface area (Å²) in [5.41, 5.74) is -4.04. The third-order valence-electron chi connectivity index (χ3n) is 4.39. The lowest BCUT2D eigenvalue weighted by Crippen LogP contribution is -2.15. The number of H-pyrrole nitrogens is 1. The SMILES string of the molecule is [2H]C([2H])([2H])C(c1cc(-c2ccc[nH]c2=O)cc(C=Cc2ccc(NS(C)(=O)=O)nc2)c1OC)(C([2H])([2H])[2H])C([2H])([2H])[2H]. The normalized spacial score (nSPS) is 17.5. The summed E-state index contributed by atoms with van der Waals surface area (Å²) in [5, 5.41) is 0. The predicted octanol–water partition coefficient (Wildman–Crippen LogP) is 4.28. The summed E-state index contributed by atoms with van der Waals surface area (Å²) in [6.45, 7) is -10.7. The van der Waals surface area contributed by atoms with Crippen molar-refractivity contribution in [3.8, 4) is 16.9 Å². The molecule has 8 heteroatoms. The summed E-state index contributed by atoms with van der Waals surface area (Å²) in [6, 6.07) is 8.31. The lowest BCUT2D eigenvalue weighted by Gasteiger charge is -2.24. The van der Waals surface area contributed by atoms with Crippen LogP contribution in [0.2, 0.25) is 0 Å². The number of aromatic amines is 1. The second-order valence-electron chi connectivity index (χ2n) is 6.99. The fraction of sp³-hybridized carbons (Fsp3) is 0.250. The number of hydrogen-bond donors (Lipinski definition) is 2. The highest BCUT2D eigenvalue weighted by Crippen LogP contribution is 2.38.